The molecule has 0 radical (unpaired) electrons. The first-order chi connectivity index (χ1) is 37.6. The van der Waals surface area contributed by atoms with E-state index < -0.39 is 129 Å². The van der Waals surface area contributed by atoms with Crippen molar-refractivity contribution in [3.8, 4) is 0 Å². The summed E-state index contributed by atoms with van der Waals surface area (Å²) < 4.78 is 39.1. The first kappa shape index (κ1) is 56.7. The Morgan fingerprint density at radius 3 is 1.27 bits per heavy atom. The summed E-state index contributed by atoms with van der Waals surface area (Å²) >= 11 is 0. The van der Waals surface area contributed by atoms with Crippen LogP contribution in [0.25, 0.3) is 0 Å². The third-order valence-corrected chi connectivity index (χ3v) is 14.3. The van der Waals surface area contributed by atoms with Crippen molar-refractivity contribution in [1.82, 2.24) is 51.5 Å². The minimum Gasteiger partial charge on any atom is -0.394 e. The van der Waals surface area contributed by atoms with E-state index in [-0.39, 0.29) is 39.1 Å². The molecule has 3 aliphatic heterocycles. The van der Waals surface area contributed by atoms with Crippen molar-refractivity contribution in [2.45, 2.75) is 155 Å². The van der Waals surface area contributed by atoms with Gasteiger partial charge in [-0.2, -0.15) is 0 Å². The normalized spacial score (nSPS) is 34.5. The summed E-state index contributed by atoms with van der Waals surface area (Å²) in [5, 5.41) is 109. The maximum Gasteiger partial charge on any atom is 0.187 e. The average Bonchev–Trinajstić information content (AvgIpc) is 3.83. The molecule has 0 bridgehead atoms. The van der Waals surface area contributed by atoms with Crippen LogP contribution >= 0.6 is 0 Å². The summed E-state index contributed by atoms with van der Waals surface area (Å²) in [6.07, 6.45) is -12.6. The fourth-order valence-electron chi connectivity index (χ4n) is 10.2. The van der Waals surface area contributed by atoms with E-state index in [0.717, 1.165) is 5.69 Å². The maximum absolute atomic E-state index is 12.6. The van der Waals surface area contributed by atoms with Gasteiger partial charge in [-0.25, -0.2) is 0 Å². The molecule has 0 spiro atoms. The monoisotopic (exact) mass is 1070 g/mol. The number of hydrogen-bond donors (Lipinski definition) is 13. The Balaban J connectivity index is 1.00. The van der Waals surface area contributed by atoms with Gasteiger partial charge in [-0.1, -0.05) is 30.3 Å². The maximum atomic E-state index is 12.6. The Labute approximate surface area is 445 Å². The highest BCUT2D eigenvalue weighted by Crippen LogP contribution is 2.36. The van der Waals surface area contributed by atoms with Crippen molar-refractivity contribution in [1.29, 1.82) is 0 Å². The largest absolute Gasteiger partial charge is 0.394 e. The van der Waals surface area contributed by atoms with E-state index in [4.69, 9.17) is 28.4 Å². The molecule has 4 aliphatic rings. The third-order valence-electron chi connectivity index (χ3n) is 14.3. The van der Waals surface area contributed by atoms with Gasteiger partial charge in [-0.05, 0) is 67.1 Å². The van der Waals surface area contributed by atoms with Crippen LogP contribution < -0.4 is 26.6 Å². The van der Waals surface area contributed by atoms with E-state index >= 15 is 0 Å². The number of nitrogens with zero attached hydrogens (tertiary/aromatic N) is 5. The molecule has 24 heteroatoms. The minimum atomic E-state index is -1.69. The second kappa shape index (κ2) is 27.7. The number of rotatable bonds is 24. The van der Waals surface area contributed by atoms with Crippen LogP contribution in [0.1, 0.15) is 34.9 Å². The number of hydrogen-bond acceptors (Lipinski definition) is 24. The van der Waals surface area contributed by atoms with Gasteiger partial charge < -0.3 is 95.9 Å². The van der Waals surface area contributed by atoms with Gasteiger partial charge in [0.25, 0.3) is 0 Å². The quantitative estimate of drug-likeness (QED) is 0.0298. The van der Waals surface area contributed by atoms with Crippen LogP contribution in [0, 0.1) is 0 Å². The predicted octanol–water partition coefficient (Wildman–Crippen LogP) is -2.73. The molecule has 13 N–H and O–H groups in total. The number of pyridine rings is 5. The fourth-order valence-corrected chi connectivity index (χ4v) is 10.2. The first-order valence-corrected chi connectivity index (χ1v) is 25.9. The molecule has 1 saturated carbocycles. The molecular formula is C53H70N10O14. The summed E-state index contributed by atoms with van der Waals surface area (Å²) in [5.74, 6) is 0. The van der Waals surface area contributed by atoms with Crippen LogP contribution in [0.2, 0.25) is 0 Å². The van der Waals surface area contributed by atoms with Gasteiger partial charge in [-0.3, -0.25) is 24.9 Å². The molecule has 0 amide bonds. The number of aromatic nitrogens is 5. The summed E-state index contributed by atoms with van der Waals surface area (Å²) in [6, 6.07) is 23.4. The van der Waals surface area contributed by atoms with Crippen molar-refractivity contribution in [3.05, 3.63) is 150 Å². The lowest BCUT2D eigenvalue weighted by molar-refractivity contribution is -0.316. The van der Waals surface area contributed by atoms with Crippen molar-refractivity contribution >= 4 is 0 Å². The zero-order valence-electron chi connectivity index (χ0n) is 42.1. The molecule has 5 aromatic rings. The number of nitrogens with one attached hydrogen (secondary N) is 5. The van der Waals surface area contributed by atoms with Gasteiger partial charge in [0.05, 0.1) is 59.9 Å². The average molecular weight is 1070 g/mol. The van der Waals surface area contributed by atoms with Gasteiger partial charge in [0, 0.05) is 82.3 Å². The Morgan fingerprint density at radius 2 is 0.805 bits per heavy atom. The first-order valence-electron chi connectivity index (χ1n) is 25.9. The van der Waals surface area contributed by atoms with Gasteiger partial charge in [-0.15, -0.1) is 0 Å². The zero-order valence-corrected chi connectivity index (χ0v) is 42.1. The molecular weight excluding hydrogens is 1000 g/mol. The summed E-state index contributed by atoms with van der Waals surface area (Å²) in [7, 11) is 0. The highest BCUT2D eigenvalue weighted by Gasteiger charge is 2.56. The van der Waals surface area contributed by atoms with Crippen molar-refractivity contribution in [3.63, 3.8) is 0 Å². The number of aliphatic hydroxyl groups is 8. The van der Waals surface area contributed by atoms with Crippen LogP contribution in [0.15, 0.2) is 122 Å². The van der Waals surface area contributed by atoms with Crippen molar-refractivity contribution in [2.75, 3.05) is 19.8 Å². The Morgan fingerprint density at radius 1 is 0.403 bits per heavy atom. The summed E-state index contributed by atoms with van der Waals surface area (Å²) in [6.45, 7) is -0.261. The van der Waals surface area contributed by atoms with E-state index in [1.54, 1.807) is 85.6 Å². The van der Waals surface area contributed by atoms with E-state index in [9.17, 15) is 40.9 Å². The van der Waals surface area contributed by atoms with E-state index in [1.807, 2.05) is 36.4 Å². The van der Waals surface area contributed by atoms with Crippen molar-refractivity contribution in [2.24, 2.45) is 0 Å². The number of aliphatic hydroxyl groups excluding tert-OH is 8. The lowest BCUT2D eigenvalue weighted by Gasteiger charge is -2.49. The van der Waals surface area contributed by atoms with Gasteiger partial charge in [0.2, 0.25) is 0 Å². The Bertz CT molecular complexity index is 2480. The van der Waals surface area contributed by atoms with E-state index in [1.165, 1.54) is 0 Å². The van der Waals surface area contributed by atoms with Gasteiger partial charge >= 0.3 is 0 Å². The van der Waals surface area contributed by atoms with Crippen LogP contribution in [-0.4, -0.2) is 202 Å². The highest BCUT2D eigenvalue weighted by molar-refractivity contribution is 5.11. The third kappa shape index (κ3) is 14.4. The molecule has 24 nitrogen and oxygen atoms in total. The molecule has 0 aromatic carbocycles. The minimum absolute atomic E-state index is 0.0613. The molecule has 1 aliphatic carbocycles. The van der Waals surface area contributed by atoms with Crippen LogP contribution in [0.3, 0.4) is 0 Å². The van der Waals surface area contributed by atoms with E-state index in [2.05, 4.69) is 51.5 Å². The molecule has 19 atom stereocenters. The van der Waals surface area contributed by atoms with Gasteiger partial charge in [0.1, 0.15) is 67.1 Å². The van der Waals surface area contributed by atoms with E-state index in [0.29, 0.717) is 29.3 Å². The molecule has 4 fully saturated rings. The number of ether oxygens (including phenoxy) is 6. The Hall–Kier alpha value is -5.01. The molecule has 3 saturated heterocycles. The second-order valence-electron chi connectivity index (χ2n) is 19.5. The molecule has 416 valence electrons. The molecule has 8 heterocycles. The standard InChI is InChI=1S/C53H70N10O14/c64-28-38-44(68)46(70)41(63-26-34-15-5-10-20-59-34)52(73-38)75-48-36(61-24-32-13-3-8-18-57-32)21-35(60-23-31-12-2-7-17-56-31)42(66)50(48)77-53-47(71)49(39(29-65)74-53)76-51-40(62-25-33-14-4-9-19-58-33)45(69)43(67)37(72-51)27-54-22-30-11-1-6-16-55-30/h1-20,35-54,60-71H,21-29H2/t35-,36+,37?,38-,39-,40-,41-,42+,43-,44-,45-,46-,47-,48-,49-,50-,51-,52-,53+/m1/s1. The van der Waals surface area contributed by atoms with Crippen LogP contribution in [0.5, 0.6) is 0 Å². The van der Waals surface area contributed by atoms with Crippen LogP contribution in [0.4, 0.5) is 0 Å². The SMILES string of the molecule is OC[C@H]1O[C@H](O[C@H]2[C@H](O[C@@H]3O[C@H](CO)[C@@H](O[C@H]4OC(CNCc5ccccn5)[C@@H](O)[C@H](O)[C@H]4NCc4ccccn4)[C@H]3O)[C@@H](O)[C@H](NCc3ccccn3)C[C@@H]2NCc2ccccn2)[C@H](NCc2ccccn2)[C@@H](O)[C@@H]1O. The smallest absolute Gasteiger partial charge is 0.187 e. The van der Waals surface area contributed by atoms with Crippen molar-refractivity contribution < 1.29 is 69.3 Å². The predicted molar refractivity (Wildman–Crippen MR) is 271 cm³/mol. The second-order valence-corrected chi connectivity index (χ2v) is 19.5. The van der Waals surface area contributed by atoms with Crippen LogP contribution in [-0.2, 0) is 61.1 Å². The zero-order chi connectivity index (χ0) is 53.7. The summed E-state index contributed by atoms with van der Waals surface area (Å²) in [5.41, 5.74) is 3.33. The highest BCUT2D eigenvalue weighted by atomic mass is 16.8. The summed E-state index contributed by atoms with van der Waals surface area (Å²) in [4.78, 5) is 22.0. The Kier molecular flexibility index (Phi) is 20.4. The lowest BCUT2D eigenvalue weighted by atomic mass is 9.83. The molecule has 9 rings (SSSR count). The lowest BCUT2D eigenvalue weighted by Crippen LogP contribution is -2.69. The molecule has 1 unspecified atom stereocenters. The molecule has 77 heavy (non-hydrogen) atoms. The van der Waals surface area contributed by atoms with Gasteiger partial charge in [0.15, 0.2) is 18.9 Å². The topological polar surface area (TPSA) is 342 Å². The molecule has 5 aromatic heterocycles. The fraction of sp³-hybridized carbons (Fsp3) is 0.528.